The monoisotopic (exact) mass is 373 g/mol. The second kappa shape index (κ2) is 8.42. The first kappa shape index (κ1) is 18.5. The number of anilines is 2. The summed E-state index contributed by atoms with van der Waals surface area (Å²) >= 11 is 0. The number of nitro benzene ring substituents is 1. The van der Waals surface area contributed by atoms with Crippen molar-refractivity contribution in [3.8, 4) is 6.07 Å². The van der Waals surface area contributed by atoms with Crippen molar-refractivity contribution in [2.45, 2.75) is 6.54 Å². The van der Waals surface area contributed by atoms with Crippen molar-refractivity contribution >= 4 is 23.0 Å². The Morgan fingerprint density at radius 3 is 2.46 bits per heavy atom. The molecule has 0 saturated carbocycles. The van der Waals surface area contributed by atoms with Crippen molar-refractivity contribution in [2.75, 3.05) is 10.6 Å². The van der Waals surface area contributed by atoms with E-state index < -0.39 is 4.92 Å². The van der Waals surface area contributed by atoms with Gasteiger partial charge in [0.15, 0.2) is 0 Å². The summed E-state index contributed by atoms with van der Waals surface area (Å²) in [6.07, 6.45) is 3.18. The number of nitriles is 1. The molecule has 8 heteroatoms. The van der Waals surface area contributed by atoms with Gasteiger partial charge in [-0.2, -0.15) is 5.26 Å². The zero-order chi connectivity index (χ0) is 19.9. The fraction of sp³-hybridized carbons (Fsp3) is 0.0500. The molecule has 0 atom stereocenters. The summed E-state index contributed by atoms with van der Waals surface area (Å²) in [5.74, 6) is -0.242. The molecule has 0 bridgehead atoms. The van der Waals surface area contributed by atoms with Crippen LogP contribution in [-0.4, -0.2) is 15.8 Å². The third-order valence-electron chi connectivity index (χ3n) is 3.96. The Bertz CT molecular complexity index is 1040. The lowest BCUT2D eigenvalue weighted by molar-refractivity contribution is -0.384. The maximum absolute atomic E-state index is 12.2. The Morgan fingerprint density at radius 1 is 1.11 bits per heavy atom. The van der Waals surface area contributed by atoms with Crippen LogP contribution in [0.25, 0.3) is 0 Å². The number of hydrogen-bond acceptors (Lipinski definition) is 6. The van der Waals surface area contributed by atoms with Crippen LogP contribution in [0.3, 0.4) is 0 Å². The number of rotatable bonds is 6. The van der Waals surface area contributed by atoms with Crippen LogP contribution >= 0.6 is 0 Å². The number of pyridine rings is 1. The summed E-state index contributed by atoms with van der Waals surface area (Å²) in [7, 11) is 0. The molecule has 0 saturated heterocycles. The molecule has 28 heavy (non-hydrogen) atoms. The second-order valence-corrected chi connectivity index (χ2v) is 5.84. The van der Waals surface area contributed by atoms with E-state index in [4.69, 9.17) is 5.26 Å². The van der Waals surface area contributed by atoms with Crippen LogP contribution in [-0.2, 0) is 6.54 Å². The van der Waals surface area contributed by atoms with E-state index >= 15 is 0 Å². The van der Waals surface area contributed by atoms with Gasteiger partial charge in [-0.05, 0) is 42.0 Å². The fourth-order valence-corrected chi connectivity index (χ4v) is 2.51. The minimum atomic E-state index is -0.532. The summed E-state index contributed by atoms with van der Waals surface area (Å²) < 4.78 is 0. The van der Waals surface area contributed by atoms with Gasteiger partial charge < -0.3 is 10.6 Å². The van der Waals surface area contributed by atoms with Crippen LogP contribution in [0.4, 0.5) is 17.1 Å². The van der Waals surface area contributed by atoms with Crippen LogP contribution in [0.15, 0.2) is 67.0 Å². The van der Waals surface area contributed by atoms with Crippen LogP contribution in [0.2, 0.25) is 0 Å². The van der Waals surface area contributed by atoms with E-state index in [0.717, 1.165) is 5.56 Å². The second-order valence-electron chi connectivity index (χ2n) is 5.84. The highest BCUT2D eigenvalue weighted by atomic mass is 16.6. The van der Waals surface area contributed by atoms with Crippen molar-refractivity contribution in [2.24, 2.45) is 0 Å². The average Bonchev–Trinajstić information content (AvgIpc) is 2.73. The number of nitrogens with one attached hydrogen (secondary N) is 2. The van der Waals surface area contributed by atoms with E-state index in [1.807, 2.05) is 6.07 Å². The van der Waals surface area contributed by atoms with Crippen molar-refractivity contribution in [3.05, 3.63) is 93.8 Å². The van der Waals surface area contributed by atoms with Crippen molar-refractivity contribution < 1.29 is 9.72 Å². The molecule has 0 unspecified atom stereocenters. The van der Waals surface area contributed by atoms with Gasteiger partial charge in [-0.1, -0.05) is 12.1 Å². The van der Waals surface area contributed by atoms with Crippen molar-refractivity contribution in [1.82, 2.24) is 4.98 Å². The first-order valence-electron chi connectivity index (χ1n) is 8.29. The number of aromatic nitrogens is 1. The Morgan fingerprint density at radius 2 is 1.82 bits per heavy atom. The Balaban J connectivity index is 1.66. The van der Waals surface area contributed by atoms with Gasteiger partial charge in [-0.25, -0.2) is 0 Å². The topological polar surface area (TPSA) is 121 Å². The normalized spacial score (nSPS) is 9.96. The standard InChI is InChI=1S/C20H15N5O3/c21-12-15-3-6-18(19(11-15)25(27)28)23-13-14-1-4-16(5-2-14)20(26)24-17-7-9-22-10-8-17/h1-11,23H,13H2,(H,22,24,26). The molecule has 2 N–H and O–H groups in total. The maximum atomic E-state index is 12.2. The number of nitrogens with zero attached hydrogens (tertiary/aromatic N) is 3. The number of carbonyl (C=O) groups excluding carboxylic acids is 1. The molecule has 0 spiro atoms. The Labute approximate surface area is 160 Å². The largest absolute Gasteiger partial charge is 0.375 e. The highest BCUT2D eigenvalue weighted by Gasteiger charge is 2.14. The molecule has 0 fully saturated rings. The molecule has 0 aliphatic rings. The highest BCUT2D eigenvalue weighted by molar-refractivity contribution is 6.04. The lowest BCUT2D eigenvalue weighted by atomic mass is 10.1. The first-order chi connectivity index (χ1) is 13.6. The molecule has 0 aliphatic heterocycles. The molecular formula is C20H15N5O3. The first-order valence-corrected chi connectivity index (χ1v) is 8.29. The van der Waals surface area contributed by atoms with E-state index in [1.165, 1.54) is 18.2 Å². The predicted octanol–water partition coefficient (Wildman–Crippen LogP) is 3.73. The van der Waals surface area contributed by atoms with Crippen LogP contribution in [0, 0.1) is 21.4 Å². The highest BCUT2D eigenvalue weighted by Crippen LogP contribution is 2.26. The molecule has 1 amide bonds. The number of benzene rings is 2. The SMILES string of the molecule is N#Cc1ccc(NCc2ccc(C(=O)Nc3ccncc3)cc2)c([N+](=O)[O-])c1. The summed E-state index contributed by atoms with van der Waals surface area (Å²) in [6.45, 7) is 0.332. The van der Waals surface area contributed by atoms with E-state index in [1.54, 1.807) is 48.8 Å². The maximum Gasteiger partial charge on any atom is 0.293 e. The van der Waals surface area contributed by atoms with Gasteiger partial charge in [0.05, 0.1) is 16.6 Å². The molecule has 138 valence electrons. The van der Waals surface area contributed by atoms with Crippen LogP contribution in [0.5, 0.6) is 0 Å². The summed E-state index contributed by atoms with van der Waals surface area (Å²) in [5, 5.41) is 25.8. The van der Waals surface area contributed by atoms with Gasteiger partial charge in [0.2, 0.25) is 0 Å². The van der Waals surface area contributed by atoms with E-state index in [0.29, 0.717) is 23.5 Å². The van der Waals surface area contributed by atoms with Gasteiger partial charge in [-0.3, -0.25) is 19.9 Å². The van der Waals surface area contributed by atoms with E-state index in [-0.39, 0.29) is 17.2 Å². The number of carbonyl (C=O) groups is 1. The molecule has 2 aromatic carbocycles. The third-order valence-corrected chi connectivity index (χ3v) is 3.96. The van der Waals surface area contributed by atoms with Crippen molar-refractivity contribution in [1.29, 1.82) is 5.26 Å². The van der Waals surface area contributed by atoms with Gasteiger partial charge in [0, 0.05) is 36.3 Å². The van der Waals surface area contributed by atoms with Gasteiger partial charge in [0.25, 0.3) is 11.6 Å². The average molecular weight is 373 g/mol. The van der Waals surface area contributed by atoms with Gasteiger partial charge >= 0.3 is 0 Å². The predicted molar refractivity (Wildman–Crippen MR) is 104 cm³/mol. The lowest BCUT2D eigenvalue weighted by Gasteiger charge is -2.09. The molecule has 3 aromatic rings. The van der Waals surface area contributed by atoms with E-state index in [9.17, 15) is 14.9 Å². The Kier molecular flexibility index (Phi) is 5.58. The summed E-state index contributed by atoms with van der Waals surface area (Å²) in [5.41, 5.74) is 2.38. The smallest absolute Gasteiger partial charge is 0.293 e. The van der Waals surface area contributed by atoms with Crippen LogP contribution < -0.4 is 10.6 Å². The molecule has 0 radical (unpaired) electrons. The molecule has 1 aromatic heterocycles. The number of nitro groups is 1. The van der Waals surface area contributed by atoms with Gasteiger partial charge in [0.1, 0.15) is 5.69 Å². The summed E-state index contributed by atoms with van der Waals surface area (Å²) in [4.78, 5) is 26.8. The Hall–Kier alpha value is -4.25. The van der Waals surface area contributed by atoms with Crippen LogP contribution in [0.1, 0.15) is 21.5 Å². The lowest BCUT2D eigenvalue weighted by Crippen LogP contribution is -2.12. The summed E-state index contributed by atoms with van der Waals surface area (Å²) in [6, 6.07) is 16.4. The fourth-order valence-electron chi connectivity index (χ4n) is 2.51. The molecular weight excluding hydrogens is 358 g/mol. The molecule has 0 aliphatic carbocycles. The number of hydrogen-bond donors (Lipinski definition) is 2. The van der Waals surface area contributed by atoms with Gasteiger partial charge in [-0.15, -0.1) is 0 Å². The minimum absolute atomic E-state index is 0.160. The number of amides is 1. The third kappa shape index (κ3) is 4.47. The quantitative estimate of drug-likeness (QED) is 0.502. The minimum Gasteiger partial charge on any atom is -0.375 e. The molecule has 3 rings (SSSR count). The van der Waals surface area contributed by atoms with E-state index in [2.05, 4.69) is 15.6 Å². The van der Waals surface area contributed by atoms with Crippen molar-refractivity contribution in [3.63, 3.8) is 0 Å². The zero-order valence-electron chi connectivity index (χ0n) is 14.6. The molecule has 1 heterocycles. The molecule has 8 nitrogen and oxygen atoms in total. The zero-order valence-corrected chi connectivity index (χ0v) is 14.6.